The first-order valence-corrected chi connectivity index (χ1v) is 13.7. The molecule has 172 valence electrons. The average Bonchev–Trinajstić information content (AvgIpc) is 2.69. The molecule has 0 fully saturated rings. The molecule has 0 aromatic heterocycles. The zero-order chi connectivity index (χ0) is 22.8. The van der Waals surface area contributed by atoms with E-state index in [1.165, 1.54) is 12.2 Å². The predicted octanol–water partition coefficient (Wildman–Crippen LogP) is 4.39. The van der Waals surface area contributed by atoms with Gasteiger partial charge in [0.25, 0.3) is 5.91 Å². The second-order valence-electron chi connectivity index (χ2n) is 9.30. The van der Waals surface area contributed by atoms with E-state index in [9.17, 15) is 9.90 Å². The number of carbonyl (C=O) groups excluding carboxylic acids is 1. The van der Waals surface area contributed by atoms with Crippen LogP contribution in [0.1, 0.15) is 45.6 Å². The quantitative estimate of drug-likeness (QED) is 0.280. The lowest BCUT2D eigenvalue weighted by Gasteiger charge is -2.36. The Balaban J connectivity index is 2.53. The lowest BCUT2D eigenvalue weighted by atomic mass is 9.95. The maximum absolute atomic E-state index is 12.7. The number of amides is 1. The second-order valence-corrected chi connectivity index (χ2v) is 14.1. The Hall–Kier alpha value is -1.25. The minimum absolute atomic E-state index is 0.101. The highest BCUT2D eigenvalue weighted by atomic mass is 28.4. The summed E-state index contributed by atoms with van der Waals surface area (Å²) < 4.78 is 11.9. The van der Waals surface area contributed by atoms with Gasteiger partial charge in [-0.3, -0.25) is 9.63 Å². The fourth-order valence-corrected chi connectivity index (χ4v) is 3.89. The number of ether oxygens (including phenoxy) is 1. The smallest absolute Gasteiger partial charge is 0.251 e. The SMILES string of the molecule is CON(C)C(=O)[C@H](CCCCO[Si](C)(C)C(C)(C)C)[C@@H](O)COCc1ccccc1. The summed E-state index contributed by atoms with van der Waals surface area (Å²) in [4.78, 5) is 17.7. The molecule has 1 amide bonds. The molecule has 0 aliphatic heterocycles. The van der Waals surface area contributed by atoms with Crippen LogP contribution in [0.4, 0.5) is 0 Å². The van der Waals surface area contributed by atoms with Crippen molar-refractivity contribution in [2.75, 3.05) is 27.4 Å². The summed E-state index contributed by atoms with van der Waals surface area (Å²) >= 11 is 0. The number of hydrogen-bond donors (Lipinski definition) is 1. The monoisotopic (exact) mass is 439 g/mol. The Morgan fingerprint density at radius 1 is 1.17 bits per heavy atom. The van der Waals surface area contributed by atoms with E-state index in [1.54, 1.807) is 7.05 Å². The molecule has 0 saturated carbocycles. The number of nitrogens with zero attached hydrogens (tertiary/aromatic N) is 1. The van der Waals surface area contributed by atoms with Crippen molar-refractivity contribution >= 4 is 14.2 Å². The van der Waals surface area contributed by atoms with Crippen LogP contribution in [0.3, 0.4) is 0 Å². The molecule has 0 radical (unpaired) electrons. The number of rotatable bonds is 13. The van der Waals surface area contributed by atoms with Crippen LogP contribution in [0.5, 0.6) is 0 Å². The van der Waals surface area contributed by atoms with Gasteiger partial charge in [0, 0.05) is 13.7 Å². The third-order valence-corrected chi connectivity index (χ3v) is 10.5. The van der Waals surface area contributed by atoms with Gasteiger partial charge < -0.3 is 14.3 Å². The van der Waals surface area contributed by atoms with E-state index in [1.807, 2.05) is 30.3 Å². The molecular weight excluding hydrogens is 398 g/mol. The van der Waals surface area contributed by atoms with Crippen molar-refractivity contribution in [1.82, 2.24) is 5.06 Å². The van der Waals surface area contributed by atoms with Gasteiger partial charge in [0.05, 0.1) is 32.3 Å². The van der Waals surface area contributed by atoms with E-state index < -0.39 is 20.3 Å². The van der Waals surface area contributed by atoms with Crippen molar-refractivity contribution < 1.29 is 23.9 Å². The molecule has 0 aliphatic rings. The average molecular weight is 440 g/mol. The minimum atomic E-state index is -1.76. The number of aliphatic hydroxyl groups excluding tert-OH is 1. The lowest BCUT2D eigenvalue weighted by molar-refractivity contribution is -0.178. The molecular formula is C23H41NO5Si. The van der Waals surface area contributed by atoms with Gasteiger partial charge in [-0.1, -0.05) is 57.5 Å². The Kier molecular flexibility index (Phi) is 11.2. The van der Waals surface area contributed by atoms with Crippen molar-refractivity contribution in [2.24, 2.45) is 5.92 Å². The van der Waals surface area contributed by atoms with Crippen LogP contribution in [0, 0.1) is 5.92 Å². The maximum Gasteiger partial charge on any atom is 0.251 e. The van der Waals surface area contributed by atoms with E-state index in [0.29, 0.717) is 19.6 Å². The van der Waals surface area contributed by atoms with E-state index in [-0.39, 0.29) is 17.6 Å². The van der Waals surface area contributed by atoms with Crippen LogP contribution in [-0.4, -0.2) is 57.9 Å². The van der Waals surface area contributed by atoms with Gasteiger partial charge >= 0.3 is 0 Å². The summed E-state index contributed by atoms with van der Waals surface area (Å²) in [6.07, 6.45) is 1.31. The van der Waals surface area contributed by atoms with Crippen LogP contribution < -0.4 is 0 Å². The van der Waals surface area contributed by atoms with E-state index in [2.05, 4.69) is 33.9 Å². The van der Waals surface area contributed by atoms with Crippen LogP contribution in [0.25, 0.3) is 0 Å². The molecule has 0 saturated heterocycles. The number of aliphatic hydroxyl groups is 1. The first kappa shape index (κ1) is 26.8. The van der Waals surface area contributed by atoms with Gasteiger partial charge in [0.1, 0.15) is 0 Å². The van der Waals surface area contributed by atoms with Crippen molar-refractivity contribution in [3.63, 3.8) is 0 Å². The zero-order valence-electron chi connectivity index (χ0n) is 19.8. The molecule has 1 aromatic rings. The van der Waals surface area contributed by atoms with Crippen molar-refractivity contribution in [1.29, 1.82) is 0 Å². The number of unbranched alkanes of at least 4 members (excludes halogenated alkanes) is 1. The van der Waals surface area contributed by atoms with Gasteiger partial charge in [-0.25, -0.2) is 5.06 Å². The number of carbonyl (C=O) groups is 1. The molecule has 30 heavy (non-hydrogen) atoms. The summed E-state index contributed by atoms with van der Waals surface area (Å²) in [6.45, 7) is 12.3. The van der Waals surface area contributed by atoms with Gasteiger partial charge in [0.2, 0.25) is 0 Å². The lowest BCUT2D eigenvalue weighted by Crippen LogP contribution is -2.41. The minimum Gasteiger partial charge on any atom is -0.417 e. The largest absolute Gasteiger partial charge is 0.417 e. The standard InChI is InChI=1S/C23H41NO5Si/c1-23(2,3)30(6,7)29-16-12-11-15-20(22(26)24(4)27-5)21(25)18-28-17-19-13-9-8-10-14-19/h8-10,13-14,20-21,25H,11-12,15-18H2,1-7H3/t20-,21+/m1/s1. The highest BCUT2D eigenvalue weighted by molar-refractivity contribution is 6.74. The Morgan fingerprint density at radius 2 is 1.80 bits per heavy atom. The normalized spacial score (nSPS) is 14.4. The molecule has 0 heterocycles. The molecule has 6 nitrogen and oxygen atoms in total. The molecule has 0 unspecified atom stereocenters. The second kappa shape index (κ2) is 12.6. The van der Waals surface area contributed by atoms with Crippen LogP contribution in [0.15, 0.2) is 30.3 Å². The fourth-order valence-electron chi connectivity index (χ4n) is 2.80. The van der Waals surface area contributed by atoms with Gasteiger partial charge in [-0.2, -0.15) is 0 Å². The van der Waals surface area contributed by atoms with Crippen LogP contribution >= 0.6 is 0 Å². The number of hydrogen-bond acceptors (Lipinski definition) is 5. The van der Waals surface area contributed by atoms with Gasteiger partial charge in [-0.15, -0.1) is 0 Å². The molecule has 0 bridgehead atoms. The number of hydroxylamine groups is 2. The summed E-state index contributed by atoms with van der Waals surface area (Å²) in [5.41, 5.74) is 1.03. The zero-order valence-corrected chi connectivity index (χ0v) is 20.8. The van der Waals surface area contributed by atoms with Crippen molar-refractivity contribution in [2.45, 2.75) is 70.9 Å². The number of benzene rings is 1. The molecule has 1 N–H and O–H groups in total. The maximum atomic E-state index is 12.7. The molecule has 1 aromatic carbocycles. The molecule has 2 atom stereocenters. The van der Waals surface area contributed by atoms with Crippen molar-refractivity contribution in [3.8, 4) is 0 Å². The Morgan fingerprint density at radius 3 is 2.37 bits per heavy atom. The molecule has 7 heteroatoms. The van der Waals surface area contributed by atoms with Crippen LogP contribution in [0.2, 0.25) is 18.1 Å². The van der Waals surface area contributed by atoms with Gasteiger partial charge in [0.15, 0.2) is 8.32 Å². The van der Waals surface area contributed by atoms with E-state index in [0.717, 1.165) is 18.4 Å². The van der Waals surface area contributed by atoms with E-state index >= 15 is 0 Å². The summed E-state index contributed by atoms with van der Waals surface area (Å²) in [5, 5.41) is 12.0. The third-order valence-electron chi connectivity index (χ3n) is 5.94. The van der Waals surface area contributed by atoms with Crippen LogP contribution in [-0.2, 0) is 25.4 Å². The summed E-state index contributed by atoms with van der Waals surface area (Å²) in [7, 11) is 1.24. The Bertz CT molecular complexity index is 618. The predicted molar refractivity (Wildman–Crippen MR) is 122 cm³/mol. The summed E-state index contributed by atoms with van der Waals surface area (Å²) in [6, 6.07) is 9.77. The highest BCUT2D eigenvalue weighted by Crippen LogP contribution is 2.36. The highest BCUT2D eigenvalue weighted by Gasteiger charge is 2.37. The fraction of sp³-hybridized carbons (Fsp3) is 0.696. The molecule has 1 rings (SSSR count). The topological polar surface area (TPSA) is 68.2 Å². The summed E-state index contributed by atoms with van der Waals surface area (Å²) in [5.74, 6) is -0.808. The Labute approximate surface area is 183 Å². The first-order chi connectivity index (χ1) is 14.0. The van der Waals surface area contributed by atoms with E-state index in [4.69, 9.17) is 14.0 Å². The first-order valence-electron chi connectivity index (χ1n) is 10.7. The van der Waals surface area contributed by atoms with Gasteiger partial charge in [-0.05, 0) is 36.5 Å². The van der Waals surface area contributed by atoms with Crippen molar-refractivity contribution in [3.05, 3.63) is 35.9 Å². The molecule has 0 aliphatic carbocycles. The third kappa shape index (κ3) is 8.86. The molecule has 0 spiro atoms.